The fourth-order valence-corrected chi connectivity index (χ4v) is 5.83. The maximum absolute atomic E-state index is 10.8. The Morgan fingerprint density at radius 1 is 1.02 bits per heavy atom. The number of hydrogen-bond acceptors (Lipinski definition) is 12. The van der Waals surface area contributed by atoms with Gasteiger partial charge in [-0.2, -0.15) is 0 Å². The third kappa shape index (κ3) is 6.34. The molecule has 2 saturated heterocycles. The Kier molecular flexibility index (Phi) is 9.21. The van der Waals surface area contributed by atoms with E-state index in [4.69, 9.17) is 15.2 Å². The van der Waals surface area contributed by atoms with Crippen LogP contribution >= 0.6 is 0 Å². The predicted molar refractivity (Wildman–Crippen MR) is 164 cm³/mol. The first kappa shape index (κ1) is 30.2. The zero-order valence-electron chi connectivity index (χ0n) is 24.4. The number of rotatable bonds is 11. The molecule has 0 amide bonds. The molecule has 13 nitrogen and oxygen atoms in total. The van der Waals surface area contributed by atoms with Crippen LogP contribution in [-0.4, -0.2) is 102 Å². The van der Waals surface area contributed by atoms with Gasteiger partial charge in [0.2, 0.25) is 5.95 Å². The van der Waals surface area contributed by atoms with Crippen LogP contribution in [-0.2, 0) is 11.3 Å². The second kappa shape index (κ2) is 13.4. The highest BCUT2D eigenvalue weighted by Crippen LogP contribution is 2.36. The molecule has 4 heterocycles. The molecular weight excluding hydrogens is 566 g/mol. The van der Waals surface area contributed by atoms with E-state index in [9.17, 15) is 20.4 Å². The summed E-state index contributed by atoms with van der Waals surface area (Å²) < 4.78 is 13.7. The third-order valence-electron chi connectivity index (χ3n) is 8.29. The van der Waals surface area contributed by atoms with Crippen molar-refractivity contribution in [1.29, 1.82) is 0 Å². The van der Waals surface area contributed by atoms with Gasteiger partial charge >= 0.3 is 0 Å². The van der Waals surface area contributed by atoms with E-state index in [1.54, 1.807) is 0 Å². The van der Waals surface area contributed by atoms with Crippen molar-refractivity contribution < 1.29 is 29.9 Å². The van der Waals surface area contributed by atoms with Crippen LogP contribution in [0, 0.1) is 0 Å². The van der Waals surface area contributed by atoms with Gasteiger partial charge in [-0.25, -0.2) is 15.0 Å². The topological polar surface area (TPSA) is 184 Å². The molecule has 6 rings (SSSR count). The second-order valence-electron chi connectivity index (χ2n) is 11.3. The van der Waals surface area contributed by atoms with E-state index >= 15 is 0 Å². The van der Waals surface area contributed by atoms with Crippen LogP contribution in [0.25, 0.3) is 22.3 Å². The summed E-state index contributed by atoms with van der Waals surface area (Å²) in [6, 6.07) is 16.1. The lowest BCUT2D eigenvalue weighted by Gasteiger charge is -2.29. The summed E-state index contributed by atoms with van der Waals surface area (Å²) in [6.45, 7) is 3.16. The molecular formula is C31H39N7O6. The van der Waals surface area contributed by atoms with E-state index in [-0.39, 0.29) is 11.9 Å². The minimum atomic E-state index is -1.33. The van der Waals surface area contributed by atoms with Gasteiger partial charge in [0.15, 0.2) is 23.2 Å². The molecule has 0 bridgehead atoms. The number of piperidine rings is 1. The molecule has 44 heavy (non-hydrogen) atoms. The smallest absolute Gasteiger partial charge is 0.207 e. The van der Waals surface area contributed by atoms with Crippen LogP contribution in [0.15, 0.2) is 54.9 Å². The highest BCUT2D eigenvalue weighted by Gasteiger charge is 2.45. The van der Waals surface area contributed by atoms with E-state index in [0.717, 1.165) is 61.3 Å². The molecule has 4 atom stereocenters. The fraction of sp³-hybridized carbons (Fsp3) is 0.452. The number of benzene rings is 2. The fourth-order valence-electron chi connectivity index (χ4n) is 5.83. The van der Waals surface area contributed by atoms with Gasteiger partial charge in [0.25, 0.3) is 0 Å². The molecule has 13 heteroatoms. The summed E-state index contributed by atoms with van der Waals surface area (Å²) in [5.41, 5.74) is 9.68. The van der Waals surface area contributed by atoms with Crippen LogP contribution in [0.1, 0.15) is 31.1 Å². The summed E-state index contributed by atoms with van der Waals surface area (Å²) in [5.74, 6) is 1.23. The van der Waals surface area contributed by atoms with Gasteiger partial charge in [-0.15, -0.1) is 0 Å². The van der Waals surface area contributed by atoms with Gasteiger partial charge in [-0.1, -0.05) is 42.5 Å². The largest absolute Gasteiger partial charge is 0.493 e. The Balaban J connectivity index is 1.22. The maximum Gasteiger partial charge on any atom is 0.207 e. The lowest BCUT2D eigenvalue weighted by atomic mass is 10.0. The number of nitrogens with two attached hydrogens (primary N) is 1. The number of nitrogen functional groups attached to an aromatic ring is 1. The minimum Gasteiger partial charge on any atom is -0.493 e. The van der Waals surface area contributed by atoms with Gasteiger partial charge < -0.3 is 45.9 Å². The molecule has 2 aromatic heterocycles. The van der Waals surface area contributed by atoms with Crippen molar-refractivity contribution in [3.63, 3.8) is 0 Å². The van der Waals surface area contributed by atoms with Crippen molar-refractivity contribution in [3.8, 4) is 16.9 Å². The molecule has 0 spiro atoms. The quantitative estimate of drug-likeness (QED) is 0.136. The number of nitrogens with one attached hydrogen (secondary N) is 1. The summed E-state index contributed by atoms with van der Waals surface area (Å²) in [4.78, 5) is 15.3. The van der Waals surface area contributed by atoms with Crippen molar-refractivity contribution in [2.24, 2.45) is 0 Å². The number of hydrogen-bond donors (Lipinski definition) is 6. The van der Waals surface area contributed by atoms with Crippen molar-refractivity contribution in [1.82, 2.24) is 24.4 Å². The minimum absolute atomic E-state index is 0.159. The monoisotopic (exact) mass is 605 g/mol. The lowest BCUT2D eigenvalue weighted by molar-refractivity contribution is -0.0501. The van der Waals surface area contributed by atoms with Crippen LogP contribution < -0.4 is 15.8 Å². The first-order chi connectivity index (χ1) is 21.4. The van der Waals surface area contributed by atoms with Gasteiger partial charge in [-0.05, 0) is 36.5 Å². The van der Waals surface area contributed by atoms with Crippen LogP contribution in [0.3, 0.4) is 0 Å². The number of aliphatic hydroxyl groups excluding tert-OH is 4. The number of anilines is 2. The standard InChI is InChI=1S/C31H39N7O6/c32-28-25-29(35-18-34-28)38(30-27(42)26(41)24(17-39)44-30)31(36-25)33-16-19-7-8-22(20-5-2-1-3-6-20)23(15-19)43-14-4-11-37-12-9-21(40)10-13-37/h1-3,5-8,15,18,21,24,26-27,30,39-42H,4,9-14,16-17H2,(H,33,36)(H2,32,34,35)/t24-,26-,27-,30-/m1/s1. The molecule has 2 aliphatic rings. The Morgan fingerprint density at radius 2 is 1.82 bits per heavy atom. The molecule has 0 aliphatic carbocycles. The highest BCUT2D eigenvalue weighted by molar-refractivity contribution is 5.84. The number of aromatic nitrogens is 4. The molecule has 2 aliphatic heterocycles. The predicted octanol–water partition coefficient (Wildman–Crippen LogP) is 1.52. The van der Waals surface area contributed by atoms with E-state index in [0.29, 0.717) is 30.3 Å². The van der Waals surface area contributed by atoms with Crippen LogP contribution in [0.5, 0.6) is 5.75 Å². The first-order valence-corrected chi connectivity index (χ1v) is 15.0. The second-order valence-corrected chi connectivity index (χ2v) is 11.3. The normalized spacial score (nSPS) is 22.9. The number of nitrogens with zero attached hydrogens (tertiary/aromatic N) is 5. The average molecular weight is 606 g/mol. The summed E-state index contributed by atoms with van der Waals surface area (Å²) >= 11 is 0. The molecule has 2 fully saturated rings. The van der Waals surface area contributed by atoms with Crippen molar-refractivity contribution in [2.75, 3.05) is 43.9 Å². The van der Waals surface area contributed by atoms with Crippen molar-refractivity contribution >= 4 is 22.9 Å². The van der Waals surface area contributed by atoms with E-state index in [2.05, 4.69) is 25.2 Å². The summed E-state index contributed by atoms with van der Waals surface area (Å²) in [7, 11) is 0. The highest BCUT2D eigenvalue weighted by atomic mass is 16.6. The van der Waals surface area contributed by atoms with Gasteiger partial charge in [-0.3, -0.25) is 4.57 Å². The Morgan fingerprint density at radius 3 is 2.57 bits per heavy atom. The maximum atomic E-state index is 10.8. The van der Waals surface area contributed by atoms with Crippen molar-refractivity contribution in [2.45, 2.75) is 56.5 Å². The molecule has 0 radical (unpaired) electrons. The molecule has 2 aromatic carbocycles. The van der Waals surface area contributed by atoms with Crippen LogP contribution in [0.4, 0.5) is 11.8 Å². The van der Waals surface area contributed by atoms with E-state index in [1.165, 1.54) is 10.9 Å². The first-order valence-electron chi connectivity index (χ1n) is 15.0. The van der Waals surface area contributed by atoms with Crippen LogP contribution in [0.2, 0.25) is 0 Å². The SMILES string of the molecule is Nc1ncnc2c1nc(NCc1ccc(-c3ccccc3)c(OCCCN3CCC(O)CC3)c1)n2[C@@H]1O[C@H](CO)[C@@H](O)[C@H]1O. The summed E-state index contributed by atoms with van der Waals surface area (Å²) in [6.07, 6.45) is -1.05. The third-order valence-corrected chi connectivity index (χ3v) is 8.29. The number of imidazole rings is 1. The Hall–Kier alpha value is -3.85. The van der Waals surface area contributed by atoms with E-state index in [1.807, 2.05) is 48.5 Å². The number of ether oxygens (including phenoxy) is 2. The van der Waals surface area contributed by atoms with Crippen molar-refractivity contribution in [3.05, 3.63) is 60.4 Å². The number of aliphatic hydroxyl groups is 4. The number of likely N-dealkylation sites (tertiary alicyclic amines) is 1. The summed E-state index contributed by atoms with van der Waals surface area (Å²) in [5, 5.41) is 43.9. The molecule has 4 aromatic rings. The average Bonchev–Trinajstić information content (AvgIpc) is 3.56. The zero-order valence-corrected chi connectivity index (χ0v) is 24.4. The van der Waals surface area contributed by atoms with Gasteiger partial charge in [0, 0.05) is 31.7 Å². The van der Waals surface area contributed by atoms with E-state index < -0.39 is 31.1 Å². The number of fused-ring (bicyclic) bond motifs is 1. The zero-order chi connectivity index (χ0) is 30.6. The Labute approximate surface area is 254 Å². The Bertz CT molecular complexity index is 1550. The lowest BCUT2D eigenvalue weighted by Crippen LogP contribution is -2.36. The molecule has 0 saturated carbocycles. The molecule has 7 N–H and O–H groups in total. The molecule has 0 unspecified atom stereocenters. The van der Waals surface area contributed by atoms with Gasteiger partial charge in [0.1, 0.15) is 30.4 Å². The molecule has 234 valence electrons. The van der Waals surface area contributed by atoms with Gasteiger partial charge in [0.05, 0.1) is 19.3 Å².